The van der Waals surface area contributed by atoms with Gasteiger partial charge in [-0.05, 0) is 75.8 Å². The second kappa shape index (κ2) is 5.47. The lowest BCUT2D eigenvalue weighted by Gasteiger charge is -2.74. The molecule has 3 saturated carbocycles. The summed E-state index contributed by atoms with van der Waals surface area (Å²) in [5.41, 5.74) is 3.64. The Hall–Kier alpha value is -1.61. The van der Waals surface area contributed by atoms with E-state index in [1.165, 1.54) is 41.4 Å². The molecule has 2 heterocycles. The number of nitrogens with zero attached hydrogens (tertiary/aromatic N) is 1. The van der Waals surface area contributed by atoms with Crippen LogP contribution >= 0.6 is 0 Å². The van der Waals surface area contributed by atoms with Gasteiger partial charge in [-0.15, -0.1) is 0 Å². The van der Waals surface area contributed by atoms with Crippen molar-refractivity contribution in [3.05, 3.63) is 47.7 Å². The third-order valence-electron chi connectivity index (χ3n) is 7.29. The number of alkyl halides is 1. The first-order valence-corrected chi connectivity index (χ1v) is 10.4. The van der Waals surface area contributed by atoms with Gasteiger partial charge in [0, 0.05) is 30.6 Å². The van der Waals surface area contributed by atoms with Crippen molar-refractivity contribution in [2.45, 2.75) is 71.1 Å². The zero-order valence-electron chi connectivity index (χ0n) is 17.0. The van der Waals surface area contributed by atoms with Crippen LogP contribution in [0.3, 0.4) is 0 Å². The highest BCUT2D eigenvalue weighted by atomic mass is 19.1. The Morgan fingerprint density at radius 1 is 1.30 bits per heavy atom. The summed E-state index contributed by atoms with van der Waals surface area (Å²) in [6.45, 7) is 8.37. The van der Waals surface area contributed by atoms with Gasteiger partial charge < -0.3 is 4.98 Å². The molecule has 2 atom stereocenters. The van der Waals surface area contributed by atoms with Crippen LogP contribution in [0.5, 0.6) is 0 Å². The summed E-state index contributed by atoms with van der Waals surface area (Å²) in [5, 5.41) is 1.36. The number of H-pyrrole nitrogens is 1. The number of hydrogen-bond acceptors (Lipinski definition) is 1. The normalized spacial score (nSPS) is 35.9. The number of fused-ring (bicyclic) bond motifs is 3. The van der Waals surface area contributed by atoms with Gasteiger partial charge >= 0.3 is 0 Å². The number of aromatic nitrogens is 1. The lowest BCUT2D eigenvalue weighted by atomic mass is 9.32. The highest BCUT2D eigenvalue weighted by molar-refractivity contribution is 5.85. The largest absolute Gasteiger partial charge is 0.357 e. The maximum Gasteiger partial charge on any atom is 0.118 e. The molecule has 146 valence electrons. The predicted octanol–water partition coefficient (Wildman–Crippen LogP) is 6.20. The van der Waals surface area contributed by atoms with Crippen LogP contribution in [0.25, 0.3) is 10.9 Å². The Morgan fingerprint density at radius 2 is 2.00 bits per heavy atom. The molecule has 27 heavy (non-hydrogen) atoms. The van der Waals surface area contributed by atoms with Gasteiger partial charge in [-0.25, -0.2) is 4.39 Å². The van der Waals surface area contributed by atoms with E-state index in [9.17, 15) is 4.39 Å². The first-order valence-electron chi connectivity index (χ1n) is 10.4. The third-order valence-corrected chi connectivity index (χ3v) is 7.29. The summed E-state index contributed by atoms with van der Waals surface area (Å²) >= 11 is 0. The smallest absolute Gasteiger partial charge is 0.118 e. The van der Waals surface area contributed by atoms with Crippen molar-refractivity contribution in [2.24, 2.45) is 10.8 Å². The monoisotopic (exact) mass is 368 g/mol. The van der Waals surface area contributed by atoms with Crippen molar-refractivity contribution < 1.29 is 5.82 Å². The topological polar surface area (TPSA) is 19.0 Å². The number of nitrogens with one attached hydrogen (secondary N) is 1. The van der Waals surface area contributed by atoms with Crippen LogP contribution in [-0.2, 0) is 6.42 Å². The van der Waals surface area contributed by atoms with E-state index in [4.69, 9.17) is 0 Å². The van der Waals surface area contributed by atoms with Crippen molar-refractivity contribution in [2.75, 3.05) is 6.54 Å². The van der Waals surface area contributed by atoms with Gasteiger partial charge in [-0.1, -0.05) is 30.4 Å². The number of halogens is 1. The first kappa shape index (κ1) is 17.5. The maximum atomic E-state index is 14.8. The van der Waals surface area contributed by atoms with Gasteiger partial charge in [0.15, 0.2) is 0 Å². The van der Waals surface area contributed by atoms with E-state index in [1.54, 1.807) is 13.8 Å². The minimum Gasteiger partial charge on any atom is -0.357 e. The summed E-state index contributed by atoms with van der Waals surface area (Å²) < 4.78 is 14.8. The molecule has 3 fully saturated rings. The van der Waals surface area contributed by atoms with Crippen molar-refractivity contribution in [3.63, 3.8) is 0 Å². The fourth-order valence-corrected chi connectivity index (χ4v) is 6.61. The molecule has 2 nitrogen and oxygen atoms in total. The summed E-state index contributed by atoms with van der Waals surface area (Å²) in [5.74, 6) is 0. The molecule has 3 heteroatoms. The van der Waals surface area contributed by atoms with E-state index in [-0.39, 0.29) is 1.43 Å². The van der Waals surface area contributed by atoms with Crippen molar-refractivity contribution in [3.8, 4) is 0 Å². The Morgan fingerprint density at radius 3 is 2.67 bits per heavy atom. The standard InChI is InChI=1S/C24H31FN2.H2/c1-5-10-23-12-24(13-23,14-23)21-20-18(17-8-6-7-9-19(17)26-20)11-16(2)27(21)15-22(3,4)25;/h5-10,16,21,26H,11-15H2,1-4H3;1H/b10-5+;/t16-,21+,23?,24?;/m1./s1. The van der Waals surface area contributed by atoms with E-state index in [0.717, 1.165) is 6.42 Å². The second-order valence-electron chi connectivity index (χ2n) is 10.2. The van der Waals surface area contributed by atoms with Crippen LogP contribution < -0.4 is 0 Å². The molecule has 1 aromatic carbocycles. The minimum atomic E-state index is -1.18. The fraction of sp³-hybridized carbons (Fsp3) is 0.583. The van der Waals surface area contributed by atoms with Crippen molar-refractivity contribution in [1.29, 1.82) is 0 Å². The molecular weight excluding hydrogens is 335 g/mol. The molecule has 0 radical (unpaired) electrons. The van der Waals surface area contributed by atoms with Crippen molar-refractivity contribution in [1.82, 2.24) is 9.88 Å². The molecule has 4 aliphatic rings. The van der Waals surface area contributed by atoms with Gasteiger partial charge in [0.1, 0.15) is 5.67 Å². The van der Waals surface area contributed by atoms with Gasteiger partial charge in [0.2, 0.25) is 0 Å². The Kier molecular flexibility index (Phi) is 3.54. The molecular formula is C24H33FN2. The molecule has 1 N–H and O–H groups in total. The van der Waals surface area contributed by atoms with E-state index < -0.39 is 5.67 Å². The number of allylic oxidation sites excluding steroid dienone is 2. The highest BCUT2D eigenvalue weighted by Crippen LogP contribution is 2.79. The molecule has 0 unspecified atom stereocenters. The summed E-state index contributed by atoms with van der Waals surface area (Å²) in [6, 6.07) is 9.34. The SMILES string of the molecule is C/C=C/C12CC([C@@H]3c4[nH]c5ccccc5c4C[C@@H](C)N3CC(C)(C)F)(C1)C2.[HH]. The van der Waals surface area contributed by atoms with E-state index in [1.807, 2.05) is 0 Å². The highest BCUT2D eigenvalue weighted by Gasteiger charge is 2.71. The molecule has 2 aromatic rings. The van der Waals surface area contributed by atoms with Gasteiger partial charge in [-0.2, -0.15) is 0 Å². The van der Waals surface area contributed by atoms with Crippen LogP contribution in [0, 0.1) is 10.8 Å². The molecule has 0 amide bonds. The molecule has 1 aromatic heterocycles. The van der Waals surface area contributed by atoms with E-state index >= 15 is 0 Å². The second-order valence-corrected chi connectivity index (χ2v) is 10.2. The molecule has 0 spiro atoms. The number of aromatic amines is 1. The summed E-state index contributed by atoms with van der Waals surface area (Å²) in [4.78, 5) is 6.25. The Bertz CT molecular complexity index is 903. The number of para-hydroxylation sites is 1. The number of hydrogen-bond donors (Lipinski definition) is 1. The van der Waals surface area contributed by atoms with E-state index in [0.29, 0.717) is 29.5 Å². The molecule has 2 bridgehead atoms. The number of benzene rings is 1. The quantitative estimate of drug-likeness (QED) is 0.637. The molecule has 6 rings (SSSR count). The summed E-state index contributed by atoms with van der Waals surface area (Å²) in [6.07, 6.45) is 9.38. The molecule has 1 aliphatic heterocycles. The van der Waals surface area contributed by atoms with Gasteiger partial charge in [0.25, 0.3) is 0 Å². The van der Waals surface area contributed by atoms with Gasteiger partial charge in [-0.3, -0.25) is 4.90 Å². The minimum absolute atomic E-state index is 0. The van der Waals surface area contributed by atoms with Crippen LogP contribution in [0.2, 0.25) is 0 Å². The van der Waals surface area contributed by atoms with Crippen LogP contribution in [0.1, 0.15) is 65.7 Å². The van der Waals surface area contributed by atoms with E-state index in [2.05, 4.69) is 60.1 Å². The van der Waals surface area contributed by atoms with Crippen LogP contribution in [0.15, 0.2) is 36.4 Å². The van der Waals surface area contributed by atoms with Gasteiger partial charge in [0.05, 0.1) is 6.04 Å². The van der Waals surface area contributed by atoms with Crippen molar-refractivity contribution >= 4 is 10.9 Å². The predicted molar refractivity (Wildman–Crippen MR) is 112 cm³/mol. The average Bonchev–Trinajstić information content (AvgIpc) is 2.88. The maximum absolute atomic E-state index is 14.8. The zero-order chi connectivity index (χ0) is 19.0. The average molecular weight is 369 g/mol. The zero-order valence-corrected chi connectivity index (χ0v) is 17.0. The van der Waals surface area contributed by atoms with Crippen LogP contribution in [0.4, 0.5) is 4.39 Å². The Balaban J connectivity index is 0.00000192. The lowest BCUT2D eigenvalue weighted by molar-refractivity contribution is -0.224. The number of rotatable bonds is 4. The fourth-order valence-electron chi connectivity index (χ4n) is 6.61. The third kappa shape index (κ3) is 2.47. The Labute approximate surface area is 163 Å². The lowest BCUT2D eigenvalue weighted by Crippen LogP contribution is -2.67. The summed E-state index contributed by atoms with van der Waals surface area (Å²) in [7, 11) is 0. The first-order chi connectivity index (χ1) is 12.8. The van der Waals surface area contributed by atoms with Crippen LogP contribution in [-0.4, -0.2) is 28.1 Å². The molecule has 3 aliphatic carbocycles. The molecule has 0 saturated heterocycles.